The number of anilines is 2. The molecule has 4 heterocycles. The second kappa shape index (κ2) is 11.1. The first kappa shape index (κ1) is 26.0. The van der Waals surface area contributed by atoms with E-state index in [0.29, 0.717) is 29.8 Å². The van der Waals surface area contributed by atoms with E-state index in [1.165, 1.54) is 48.5 Å². The van der Waals surface area contributed by atoms with Crippen LogP contribution in [0.2, 0.25) is 0 Å². The number of hydrogen-bond acceptors (Lipinski definition) is 5. The molecule has 206 valence electrons. The Kier molecular flexibility index (Phi) is 7.21. The van der Waals surface area contributed by atoms with Crippen molar-refractivity contribution >= 4 is 17.3 Å². The zero-order valence-electron chi connectivity index (χ0n) is 22.5. The molecule has 0 radical (unpaired) electrons. The average Bonchev–Trinajstić information content (AvgIpc) is 3.59. The highest BCUT2D eigenvalue weighted by molar-refractivity contribution is 6.03. The molecule has 6 rings (SSSR count). The molecule has 2 aromatic heterocycles. The van der Waals surface area contributed by atoms with Crippen LogP contribution in [-0.4, -0.2) is 38.7 Å². The SMILES string of the molecule is CC1CCN(Cc2ccc3c(c2)CC(c2cc(NC(=O)c4cnn(Cc5ccc(F)cc5)c4)c[nH]c2=O)N3)CC1. The van der Waals surface area contributed by atoms with Gasteiger partial charge in [-0.15, -0.1) is 0 Å². The number of nitrogens with zero attached hydrogens (tertiary/aromatic N) is 3. The molecule has 2 aliphatic rings. The fourth-order valence-electron chi connectivity index (χ4n) is 5.56. The van der Waals surface area contributed by atoms with Crippen molar-refractivity contribution in [1.82, 2.24) is 19.7 Å². The van der Waals surface area contributed by atoms with Crippen LogP contribution in [0.4, 0.5) is 15.8 Å². The summed E-state index contributed by atoms with van der Waals surface area (Å²) in [5, 5.41) is 10.6. The van der Waals surface area contributed by atoms with Crippen molar-refractivity contribution in [2.45, 2.75) is 45.3 Å². The van der Waals surface area contributed by atoms with E-state index in [2.05, 4.69) is 50.7 Å². The fourth-order valence-corrected chi connectivity index (χ4v) is 5.56. The quantitative estimate of drug-likeness (QED) is 0.308. The van der Waals surface area contributed by atoms with E-state index >= 15 is 0 Å². The van der Waals surface area contributed by atoms with E-state index in [9.17, 15) is 14.0 Å². The van der Waals surface area contributed by atoms with Crippen LogP contribution in [0.15, 0.2) is 71.9 Å². The number of amides is 1. The highest BCUT2D eigenvalue weighted by Gasteiger charge is 2.25. The third-order valence-corrected chi connectivity index (χ3v) is 7.92. The molecule has 40 heavy (non-hydrogen) atoms. The van der Waals surface area contributed by atoms with E-state index < -0.39 is 0 Å². The number of aromatic amines is 1. The standard InChI is InChI=1S/C31H33FN6O2/c1-20-8-10-37(11-9-20)17-22-4-7-28-23(12-22)13-29(36-28)27-14-26(16-33-31(27)40)35-30(39)24-15-34-38(19-24)18-21-2-5-25(32)6-3-21/h2-7,12,14-16,19-20,29,36H,8-11,13,17-18H2,1H3,(H,33,40)(H,35,39). The lowest BCUT2D eigenvalue weighted by molar-refractivity contribution is 0.102. The van der Waals surface area contributed by atoms with Crippen LogP contribution in [0.5, 0.6) is 0 Å². The van der Waals surface area contributed by atoms with Gasteiger partial charge in [-0.05, 0) is 79.2 Å². The Hall–Kier alpha value is -4.24. The predicted molar refractivity (Wildman–Crippen MR) is 153 cm³/mol. The van der Waals surface area contributed by atoms with Gasteiger partial charge >= 0.3 is 0 Å². The summed E-state index contributed by atoms with van der Waals surface area (Å²) in [4.78, 5) is 31.0. The summed E-state index contributed by atoms with van der Waals surface area (Å²) in [6, 6.07) is 14.3. The van der Waals surface area contributed by atoms with Crippen LogP contribution in [0.1, 0.15) is 58.4 Å². The Morgan fingerprint density at radius 3 is 2.65 bits per heavy atom. The summed E-state index contributed by atoms with van der Waals surface area (Å²) in [6.45, 7) is 5.98. The number of likely N-dealkylation sites (tertiary alicyclic amines) is 1. The van der Waals surface area contributed by atoms with Crippen molar-refractivity contribution in [2.75, 3.05) is 23.7 Å². The highest BCUT2D eigenvalue weighted by Crippen LogP contribution is 2.34. The van der Waals surface area contributed by atoms with E-state index in [1.807, 2.05) is 0 Å². The molecule has 1 saturated heterocycles. The topological polar surface area (TPSA) is 95.1 Å². The summed E-state index contributed by atoms with van der Waals surface area (Å²) in [5.74, 6) is 0.182. The van der Waals surface area contributed by atoms with Gasteiger partial charge in [0, 0.05) is 30.2 Å². The Labute approximate surface area is 232 Å². The molecule has 1 atom stereocenters. The number of halogens is 1. The largest absolute Gasteiger partial charge is 0.377 e. The third-order valence-electron chi connectivity index (χ3n) is 7.92. The summed E-state index contributed by atoms with van der Waals surface area (Å²) in [6.07, 6.45) is 7.85. The minimum absolute atomic E-state index is 0.180. The molecule has 0 aliphatic carbocycles. The molecule has 3 N–H and O–H groups in total. The molecule has 8 nitrogen and oxygen atoms in total. The van der Waals surface area contributed by atoms with Gasteiger partial charge in [-0.2, -0.15) is 5.10 Å². The number of nitrogens with one attached hydrogen (secondary N) is 3. The van der Waals surface area contributed by atoms with Crippen LogP contribution in [0, 0.1) is 11.7 Å². The molecule has 0 spiro atoms. The maximum absolute atomic E-state index is 13.2. The van der Waals surface area contributed by atoms with Gasteiger partial charge in [0.25, 0.3) is 11.5 Å². The van der Waals surface area contributed by atoms with E-state index in [4.69, 9.17) is 0 Å². The first-order chi connectivity index (χ1) is 19.4. The molecular formula is C31H33FN6O2. The first-order valence-electron chi connectivity index (χ1n) is 13.8. The van der Waals surface area contributed by atoms with Crippen molar-refractivity contribution < 1.29 is 9.18 Å². The van der Waals surface area contributed by atoms with Gasteiger partial charge in [0.05, 0.1) is 30.0 Å². The summed E-state index contributed by atoms with van der Waals surface area (Å²) in [5.41, 5.74) is 5.70. The lowest BCUT2D eigenvalue weighted by Crippen LogP contribution is -2.32. The minimum Gasteiger partial charge on any atom is -0.377 e. The molecule has 0 saturated carbocycles. The fraction of sp³-hybridized carbons (Fsp3) is 0.323. The number of aromatic nitrogens is 3. The van der Waals surface area contributed by atoms with Crippen molar-refractivity contribution in [2.24, 2.45) is 5.92 Å². The summed E-state index contributed by atoms with van der Waals surface area (Å²) >= 11 is 0. The number of carbonyl (C=O) groups excluding carboxylic acids is 1. The molecule has 2 aromatic carbocycles. The van der Waals surface area contributed by atoms with E-state index in [-0.39, 0.29) is 23.3 Å². The van der Waals surface area contributed by atoms with Crippen molar-refractivity contribution in [3.8, 4) is 0 Å². The predicted octanol–water partition coefficient (Wildman–Crippen LogP) is 4.95. The maximum atomic E-state index is 13.2. The lowest BCUT2D eigenvalue weighted by Gasteiger charge is -2.30. The Morgan fingerprint density at radius 1 is 1.07 bits per heavy atom. The maximum Gasteiger partial charge on any atom is 0.258 e. The molecule has 1 amide bonds. The van der Waals surface area contributed by atoms with Gasteiger partial charge < -0.3 is 15.6 Å². The summed E-state index contributed by atoms with van der Waals surface area (Å²) < 4.78 is 14.8. The molecule has 2 aliphatic heterocycles. The Balaban J connectivity index is 1.10. The number of fused-ring (bicyclic) bond motifs is 1. The monoisotopic (exact) mass is 540 g/mol. The van der Waals surface area contributed by atoms with Crippen LogP contribution in [-0.2, 0) is 19.5 Å². The van der Waals surface area contributed by atoms with Gasteiger partial charge in [-0.1, -0.05) is 31.2 Å². The first-order valence-corrected chi connectivity index (χ1v) is 13.8. The second-order valence-corrected chi connectivity index (χ2v) is 11.0. The smallest absolute Gasteiger partial charge is 0.258 e. The average molecular weight is 541 g/mol. The molecule has 4 aromatic rings. The van der Waals surface area contributed by atoms with Gasteiger partial charge in [-0.3, -0.25) is 19.2 Å². The lowest BCUT2D eigenvalue weighted by atomic mass is 9.98. The molecule has 0 bridgehead atoms. The minimum atomic E-state index is -0.331. The van der Waals surface area contributed by atoms with Crippen molar-refractivity contribution in [1.29, 1.82) is 0 Å². The number of piperidine rings is 1. The number of H-pyrrole nitrogens is 1. The molecular weight excluding hydrogens is 507 g/mol. The highest BCUT2D eigenvalue weighted by atomic mass is 19.1. The molecule has 9 heteroatoms. The van der Waals surface area contributed by atoms with Gasteiger partial charge in [0.15, 0.2) is 0 Å². The van der Waals surface area contributed by atoms with Crippen LogP contribution in [0.25, 0.3) is 0 Å². The van der Waals surface area contributed by atoms with Gasteiger partial charge in [0.1, 0.15) is 5.82 Å². The molecule has 1 unspecified atom stereocenters. The normalized spacial score (nSPS) is 17.4. The van der Waals surface area contributed by atoms with Gasteiger partial charge in [0.2, 0.25) is 0 Å². The molecule has 1 fully saturated rings. The number of benzene rings is 2. The Morgan fingerprint density at radius 2 is 1.85 bits per heavy atom. The van der Waals surface area contributed by atoms with E-state index in [0.717, 1.165) is 36.8 Å². The van der Waals surface area contributed by atoms with Crippen molar-refractivity contribution in [3.63, 3.8) is 0 Å². The van der Waals surface area contributed by atoms with Crippen molar-refractivity contribution in [3.05, 3.63) is 111 Å². The van der Waals surface area contributed by atoms with Crippen LogP contribution in [0.3, 0.4) is 0 Å². The van der Waals surface area contributed by atoms with Gasteiger partial charge in [-0.25, -0.2) is 4.39 Å². The number of pyridine rings is 1. The van der Waals surface area contributed by atoms with Crippen LogP contribution >= 0.6 is 0 Å². The number of rotatable bonds is 7. The number of hydrogen-bond donors (Lipinski definition) is 3. The van der Waals surface area contributed by atoms with Crippen LogP contribution < -0.4 is 16.2 Å². The zero-order valence-corrected chi connectivity index (χ0v) is 22.5. The summed E-state index contributed by atoms with van der Waals surface area (Å²) in [7, 11) is 0. The third kappa shape index (κ3) is 5.84. The second-order valence-electron chi connectivity index (χ2n) is 11.0. The number of carbonyl (C=O) groups is 1. The van der Waals surface area contributed by atoms with E-state index in [1.54, 1.807) is 29.1 Å². The Bertz CT molecular complexity index is 1570. The zero-order chi connectivity index (χ0) is 27.6.